The van der Waals surface area contributed by atoms with Crippen LogP contribution in [0, 0.1) is 5.41 Å². The normalized spacial score (nSPS) is 15.4. The molecule has 2 aromatic rings. The van der Waals surface area contributed by atoms with Gasteiger partial charge in [-0.3, -0.25) is 14.6 Å². The number of nitrogens with zero attached hydrogens (tertiary/aromatic N) is 3. The molecule has 0 fully saturated rings. The summed E-state index contributed by atoms with van der Waals surface area (Å²) < 4.78 is 2.77. The second kappa shape index (κ2) is 8.68. The molecule has 28 heavy (non-hydrogen) atoms. The largest absolute Gasteiger partial charge is 0.481 e. The number of hydrogen-bond donors (Lipinski definition) is 2. The molecule has 1 atom stereocenters. The lowest BCUT2D eigenvalue weighted by molar-refractivity contribution is -0.148. The third-order valence-electron chi connectivity index (χ3n) is 5.01. The molecule has 0 amide bonds. The molecular weight excluding hydrogens is 424 g/mol. The Morgan fingerprint density at radius 3 is 2.96 bits per heavy atom. The number of imidazole rings is 1. The van der Waals surface area contributed by atoms with Gasteiger partial charge in [-0.15, -0.1) is 0 Å². The number of ketones is 1. The van der Waals surface area contributed by atoms with Crippen LogP contribution in [0.1, 0.15) is 42.2 Å². The molecule has 1 aliphatic rings. The van der Waals surface area contributed by atoms with E-state index in [1.807, 2.05) is 28.8 Å². The Kier molecular flexibility index (Phi) is 6.28. The number of carbonyl (C=O) groups excluding carboxylic acids is 1. The lowest BCUT2D eigenvalue weighted by Crippen LogP contribution is -2.30. The molecule has 0 spiro atoms. The number of aliphatic carboxylic acids is 1. The Hall–Kier alpha value is -2.48. The summed E-state index contributed by atoms with van der Waals surface area (Å²) in [6.07, 6.45) is 5.66. The van der Waals surface area contributed by atoms with E-state index in [2.05, 4.69) is 31.2 Å². The fourth-order valence-corrected chi connectivity index (χ4v) is 3.87. The van der Waals surface area contributed by atoms with Gasteiger partial charge in [0.1, 0.15) is 12.2 Å². The van der Waals surface area contributed by atoms with Gasteiger partial charge in [0.15, 0.2) is 5.82 Å². The van der Waals surface area contributed by atoms with Crippen LogP contribution in [0.25, 0.3) is 0 Å². The highest BCUT2D eigenvalue weighted by molar-refractivity contribution is 9.10. The lowest BCUT2D eigenvalue weighted by Gasteiger charge is -2.25. The first-order valence-corrected chi connectivity index (χ1v) is 9.99. The molecule has 3 rings (SSSR count). The number of anilines is 1. The van der Waals surface area contributed by atoms with Crippen molar-refractivity contribution in [1.29, 1.82) is 0 Å². The van der Waals surface area contributed by atoms with Gasteiger partial charge in [0.25, 0.3) is 0 Å². The van der Waals surface area contributed by atoms with E-state index in [0.717, 1.165) is 22.9 Å². The number of halogens is 1. The summed E-state index contributed by atoms with van der Waals surface area (Å²) in [5, 5.41) is 12.7. The van der Waals surface area contributed by atoms with Crippen LogP contribution in [0.3, 0.4) is 0 Å². The topological polar surface area (TPSA) is 96.6 Å². The van der Waals surface area contributed by atoms with Crippen LogP contribution in [0.15, 0.2) is 40.1 Å². The van der Waals surface area contributed by atoms with Crippen LogP contribution in [-0.2, 0) is 17.8 Å². The van der Waals surface area contributed by atoms with Gasteiger partial charge in [0.05, 0.1) is 18.1 Å². The Morgan fingerprint density at radius 1 is 1.39 bits per heavy atom. The van der Waals surface area contributed by atoms with E-state index >= 15 is 0 Å². The highest BCUT2D eigenvalue weighted by Crippen LogP contribution is 2.30. The quantitative estimate of drug-likeness (QED) is 0.601. The molecule has 0 aliphatic carbocycles. The Bertz CT molecular complexity index is 909. The molecular formula is C20H23BrN4O3. The maximum atomic E-state index is 12.2. The van der Waals surface area contributed by atoms with Gasteiger partial charge in [-0.2, -0.15) is 0 Å². The van der Waals surface area contributed by atoms with E-state index < -0.39 is 11.4 Å². The number of unbranched alkanes of at least 4 members (excludes halogenated alkanes) is 1. The fourth-order valence-electron chi connectivity index (χ4n) is 3.43. The molecule has 2 N–H and O–H groups in total. The second-order valence-electron chi connectivity index (χ2n) is 7.30. The summed E-state index contributed by atoms with van der Waals surface area (Å²) in [7, 11) is 0. The number of Topliss-reactive ketones (excluding diaryl/α,β-unsaturated/α-hetero) is 1. The predicted molar refractivity (Wildman–Crippen MR) is 111 cm³/mol. The number of rotatable bonds is 8. The fraction of sp³-hybridized carbons (Fsp3) is 0.400. The van der Waals surface area contributed by atoms with Crippen molar-refractivity contribution in [2.75, 3.05) is 11.9 Å². The SMILES string of the molecule is C[C@](CCCCn1cnc2c1C(=O)CN=CN2)(Cc1cccc(Br)c1)C(=O)O. The standard InChI is InChI=1S/C20H23BrN4O3/c1-20(19(27)28,10-14-5-4-6-15(21)9-14)7-2-3-8-25-13-24-18-17(25)16(26)11-22-12-23-18/h4-6,9,12-13H,2-3,7-8,10-11H2,1H3,(H,22,23)(H,27,28)/t20-/m0/s1. The maximum absolute atomic E-state index is 12.2. The number of aryl methyl sites for hydroxylation is 1. The number of benzene rings is 1. The van der Waals surface area contributed by atoms with Crippen molar-refractivity contribution in [2.24, 2.45) is 10.4 Å². The van der Waals surface area contributed by atoms with Gasteiger partial charge in [-0.25, -0.2) is 4.98 Å². The van der Waals surface area contributed by atoms with Gasteiger partial charge in [0.2, 0.25) is 5.78 Å². The van der Waals surface area contributed by atoms with Crippen LogP contribution in [0.2, 0.25) is 0 Å². The minimum atomic E-state index is -0.835. The van der Waals surface area contributed by atoms with Gasteiger partial charge in [-0.1, -0.05) is 34.5 Å². The molecule has 2 heterocycles. The molecule has 0 bridgehead atoms. The van der Waals surface area contributed by atoms with Crippen LogP contribution in [0.5, 0.6) is 0 Å². The Labute approximate surface area is 172 Å². The van der Waals surface area contributed by atoms with Crippen LogP contribution >= 0.6 is 15.9 Å². The molecule has 0 unspecified atom stereocenters. The molecule has 1 aromatic heterocycles. The summed E-state index contributed by atoms with van der Waals surface area (Å²) in [6, 6.07) is 7.76. The van der Waals surface area contributed by atoms with Crippen LogP contribution < -0.4 is 5.32 Å². The monoisotopic (exact) mass is 446 g/mol. The number of aromatic nitrogens is 2. The van der Waals surface area contributed by atoms with E-state index in [4.69, 9.17) is 0 Å². The zero-order valence-electron chi connectivity index (χ0n) is 15.7. The van der Waals surface area contributed by atoms with Crippen molar-refractivity contribution >= 4 is 39.8 Å². The number of aliphatic imine (C=N–C) groups is 1. The molecule has 1 aromatic carbocycles. The van der Waals surface area contributed by atoms with Gasteiger partial charge < -0.3 is 15.0 Å². The van der Waals surface area contributed by atoms with E-state index in [-0.39, 0.29) is 12.3 Å². The van der Waals surface area contributed by atoms with Crippen molar-refractivity contribution in [3.63, 3.8) is 0 Å². The van der Waals surface area contributed by atoms with E-state index in [0.29, 0.717) is 30.9 Å². The summed E-state index contributed by atoms with van der Waals surface area (Å²) in [5.41, 5.74) is 0.696. The minimum absolute atomic E-state index is 0.0706. The maximum Gasteiger partial charge on any atom is 0.309 e. The minimum Gasteiger partial charge on any atom is -0.481 e. The number of nitrogens with one attached hydrogen (secondary N) is 1. The number of hydrogen-bond acceptors (Lipinski definition) is 5. The van der Waals surface area contributed by atoms with E-state index in [1.165, 1.54) is 6.34 Å². The first-order valence-electron chi connectivity index (χ1n) is 9.20. The van der Waals surface area contributed by atoms with Crippen LogP contribution in [-0.4, -0.2) is 39.3 Å². The van der Waals surface area contributed by atoms with Gasteiger partial charge >= 0.3 is 5.97 Å². The molecule has 7 nitrogen and oxygen atoms in total. The average molecular weight is 447 g/mol. The summed E-state index contributed by atoms with van der Waals surface area (Å²) in [5.74, 6) is -0.337. The molecule has 0 saturated carbocycles. The van der Waals surface area contributed by atoms with Crippen molar-refractivity contribution in [3.05, 3.63) is 46.3 Å². The first kappa shape index (κ1) is 20.3. The first-order chi connectivity index (χ1) is 13.4. The molecule has 0 saturated heterocycles. The molecule has 0 radical (unpaired) electrons. The number of carbonyl (C=O) groups is 2. The smallest absolute Gasteiger partial charge is 0.309 e. The van der Waals surface area contributed by atoms with Crippen molar-refractivity contribution < 1.29 is 14.7 Å². The second-order valence-corrected chi connectivity index (χ2v) is 8.22. The van der Waals surface area contributed by atoms with Crippen molar-refractivity contribution in [2.45, 2.75) is 39.2 Å². The zero-order chi connectivity index (χ0) is 20.1. The van der Waals surface area contributed by atoms with Gasteiger partial charge in [0, 0.05) is 11.0 Å². The molecule has 8 heteroatoms. The summed E-state index contributed by atoms with van der Waals surface area (Å²) >= 11 is 3.44. The average Bonchev–Trinajstić information content (AvgIpc) is 2.95. The Balaban J connectivity index is 1.59. The van der Waals surface area contributed by atoms with Crippen molar-refractivity contribution in [1.82, 2.24) is 9.55 Å². The predicted octanol–water partition coefficient (Wildman–Crippen LogP) is 3.79. The summed E-state index contributed by atoms with van der Waals surface area (Å²) in [4.78, 5) is 32.3. The highest BCUT2D eigenvalue weighted by Gasteiger charge is 2.32. The lowest BCUT2D eigenvalue weighted by atomic mass is 9.79. The van der Waals surface area contributed by atoms with Gasteiger partial charge in [-0.05, 0) is 43.9 Å². The zero-order valence-corrected chi connectivity index (χ0v) is 17.3. The number of carboxylic acids is 1. The third kappa shape index (κ3) is 4.67. The van der Waals surface area contributed by atoms with Crippen molar-refractivity contribution in [3.8, 4) is 0 Å². The number of fused-ring (bicyclic) bond motifs is 1. The summed E-state index contributed by atoms with van der Waals surface area (Å²) in [6.45, 7) is 2.52. The molecule has 148 valence electrons. The van der Waals surface area contributed by atoms with E-state index in [9.17, 15) is 14.7 Å². The third-order valence-corrected chi connectivity index (χ3v) is 5.50. The molecule has 1 aliphatic heterocycles. The number of carboxylic acid groups (broad SMARTS) is 1. The Morgan fingerprint density at radius 2 is 2.21 bits per heavy atom. The van der Waals surface area contributed by atoms with E-state index in [1.54, 1.807) is 13.3 Å². The van der Waals surface area contributed by atoms with Crippen LogP contribution in [0.4, 0.5) is 5.82 Å². The highest BCUT2D eigenvalue weighted by atomic mass is 79.9.